The summed E-state index contributed by atoms with van der Waals surface area (Å²) in [4.78, 5) is 46.6. The molecule has 0 bridgehead atoms. The van der Waals surface area contributed by atoms with Crippen molar-refractivity contribution in [2.75, 3.05) is 33.4 Å². The Hall–Kier alpha value is -1.96. The van der Waals surface area contributed by atoms with E-state index in [1.54, 1.807) is 31.1 Å². The molecule has 4 atom stereocenters. The molecule has 10 nitrogen and oxygen atoms in total. The van der Waals surface area contributed by atoms with Crippen molar-refractivity contribution >= 4 is 55.8 Å². The third-order valence-corrected chi connectivity index (χ3v) is 9.35. The minimum Gasteiger partial charge on any atom is -0.461 e. The van der Waals surface area contributed by atoms with Crippen LogP contribution < -0.4 is 0 Å². The summed E-state index contributed by atoms with van der Waals surface area (Å²) in [5.41, 5.74) is 1.35. The number of hydrogen-bond acceptors (Lipinski definition) is 12. The summed E-state index contributed by atoms with van der Waals surface area (Å²) >= 11 is 3.05. The van der Waals surface area contributed by atoms with E-state index in [0.717, 1.165) is 47.5 Å². The Balaban J connectivity index is 0.000000462. The van der Waals surface area contributed by atoms with Crippen molar-refractivity contribution in [2.45, 2.75) is 106 Å². The highest BCUT2D eigenvalue weighted by molar-refractivity contribution is 7.10. The van der Waals surface area contributed by atoms with Gasteiger partial charge in [0.15, 0.2) is 5.69 Å². The summed E-state index contributed by atoms with van der Waals surface area (Å²) in [5.74, 6) is 0.354. The second-order valence-corrected chi connectivity index (χ2v) is 13.4. The molecule has 46 heavy (non-hydrogen) atoms. The van der Waals surface area contributed by atoms with Crippen molar-refractivity contribution in [3.63, 3.8) is 0 Å². The van der Waals surface area contributed by atoms with E-state index < -0.39 is 5.97 Å². The van der Waals surface area contributed by atoms with Crippen LogP contribution >= 0.6 is 22.7 Å². The molecule has 0 fully saturated rings. The smallest absolute Gasteiger partial charge is 0.357 e. The van der Waals surface area contributed by atoms with Crippen molar-refractivity contribution in [2.24, 2.45) is 11.8 Å². The summed E-state index contributed by atoms with van der Waals surface area (Å²) in [6.07, 6.45) is 3.99. The molecule has 2 rings (SSSR count). The molecule has 0 saturated heterocycles. The van der Waals surface area contributed by atoms with E-state index in [0.29, 0.717) is 43.8 Å². The van der Waals surface area contributed by atoms with Crippen molar-refractivity contribution in [3.05, 3.63) is 32.2 Å². The molecule has 14 heteroatoms. The second-order valence-electron chi connectivity index (χ2n) is 11.6. The van der Waals surface area contributed by atoms with Crippen LogP contribution in [0.4, 0.5) is 0 Å². The predicted molar refractivity (Wildman–Crippen MR) is 190 cm³/mol. The number of nitrogens with zero attached hydrogens (tertiary/aromatic N) is 4. The highest BCUT2D eigenvalue weighted by Crippen LogP contribution is 2.31. The van der Waals surface area contributed by atoms with Crippen LogP contribution in [0.1, 0.15) is 113 Å². The molecule has 0 saturated carbocycles. The molecule has 2 aromatic heterocycles. The zero-order valence-electron chi connectivity index (χ0n) is 29.4. The number of carbonyl (C=O) groups is 3. The van der Waals surface area contributed by atoms with Crippen LogP contribution in [0.2, 0.25) is 0 Å². The molecular formula is C32H54B2N4O6S2. The van der Waals surface area contributed by atoms with Gasteiger partial charge in [-0.3, -0.25) is 0 Å². The average Bonchev–Trinajstić information content (AvgIpc) is 3.67. The van der Waals surface area contributed by atoms with Gasteiger partial charge in [-0.05, 0) is 72.4 Å². The number of aryl methyl sites for hydroxylation is 1. The first-order chi connectivity index (χ1) is 22.0. The third-order valence-electron chi connectivity index (χ3n) is 7.36. The van der Waals surface area contributed by atoms with E-state index >= 15 is 0 Å². The van der Waals surface area contributed by atoms with Gasteiger partial charge in [0, 0.05) is 41.8 Å². The molecule has 0 spiro atoms. The Kier molecular flexibility index (Phi) is 21.4. The first-order valence-electron chi connectivity index (χ1n) is 16.3. The van der Waals surface area contributed by atoms with Crippen LogP contribution in [0.25, 0.3) is 0 Å². The maximum Gasteiger partial charge on any atom is 0.357 e. The van der Waals surface area contributed by atoms with Crippen molar-refractivity contribution < 1.29 is 28.6 Å². The number of ether oxygens (including phenoxy) is 3. The molecule has 0 aromatic carbocycles. The van der Waals surface area contributed by atoms with Gasteiger partial charge in [-0.25, -0.2) is 14.8 Å². The van der Waals surface area contributed by atoms with E-state index in [4.69, 9.17) is 14.2 Å². The Morgan fingerprint density at radius 1 is 0.848 bits per heavy atom. The Labute approximate surface area is 286 Å². The van der Waals surface area contributed by atoms with E-state index in [-0.39, 0.29) is 24.3 Å². The van der Waals surface area contributed by atoms with Crippen LogP contribution in [0, 0.1) is 18.8 Å². The lowest BCUT2D eigenvalue weighted by Gasteiger charge is -2.35. The van der Waals surface area contributed by atoms with Crippen molar-refractivity contribution in [1.82, 2.24) is 19.6 Å². The fraction of sp³-hybridized carbons (Fsp3) is 0.719. The van der Waals surface area contributed by atoms with Gasteiger partial charge in [-0.15, -0.1) is 22.7 Å². The fourth-order valence-corrected chi connectivity index (χ4v) is 6.87. The van der Waals surface area contributed by atoms with Gasteiger partial charge in [0.2, 0.25) is 0 Å². The molecule has 0 aliphatic heterocycles. The maximum atomic E-state index is 11.8. The lowest BCUT2D eigenvalue weighted by Crippen LogP contribution is -2.43. The van der Waals surface area contributed by atoms with Crippen LogP contribution in [0.15, 0.2) is 10.8 Å². The fourth-order valence-electron chi connectivity index (χ4n) is 5.17. The van der Waals surface area contributed by atoms with Gasteiger partial charge in [0.05, 0.1) is 19.0 Å². The second kappa shape index (κ2) is 23.4. The predicted octanol–water partition coefficient (Wildman–Crippen LogP) is 6.02. The molecule has 0 amide bonds. The van der Waals surface area contributed by atoms with Crippen LogP contribution in [-0.4, -0.2) is 98.3 Å². The molecule has 0 aliphatic rings. The molecule has 2 heterocycles. The molecule has 0 N–H and O–H groups in total. The van der Waals surface area contributed by atoms with Gasteiger partial charge in [-0.2, -0.15) is 0 Å². The van der Waals surface area contributed by atoms with Crippen LogP contribution in [0.5, 0.6) is 0 Å². The van der Waals surface area contributed by atoms with Gasteiger partial charge in [-0.1, -0.05) is 34.6 Å². The topological polar surface area (TPSA) is 111 Å². The number of hydrogen-bond donors (Lipinski definition) is 0. The van der Waals surface area contributed by atoms with E-state index in [1.165, 1.54) is 18.8 Å². The number of esters is 1. The summed E-state index contributed by atoms with van der Waals surface area (Å²) in [6, 6.07) is 0.396. The van der Waals surface area contributed by atoms with Gasteiger partial charge in [0.25, 0.3) is 14.8 Å². The van der Waals surface area contributed by atoms with Crippen molar-refractivity contribution in [3.8, 4) is 0 Å². The maximum absolute atomic E-state index is 11.8. The SMILES string of the molecule is CCCN([B]C=O)[C@H](C[C@@H](OCC)c1nc(C)cs1)C(C)C.CCOC(=O)c1csc([C@@H](C[C@H](C(C)C)N(C)[B]C=O)OCC)n1. The normalized spacial score (nSPS) is 14.0. The highest BCUT2D eigenvalue weighted by atomic mass is 32.1. The van der Waals surface area contributed by atoms with Crippen LogP contribution in [0.3, 0.4) is 0 Å². The third kappa shape index (κ3) is 14.4. The summed E-state index contributed by atoms with van der Waals surface area (Å²) in [5, 5.41) is 5.55. The Morgan fingerprint density at radius 2 is 1.39 bits per heavy atom. The largest absolute Gasteiger partial charge is 0.461 e. The highest BCUT2D eigenvalue weighted by Gasteiger charge is 2.29. The summed E-state index contributed by atoms with van der Waals surface area (Å²) in [7, 11) is 5.08. The summed E-state index contributed by atoms with van der Waals surface area (Å²) in [6.45, 7) is 20.9. The lowest BCUT2D eigenvalue weighted by atomic mass is 9.85. The van der Waals surface area contributed by atoms with Crippen molar-refractivity contribution in [1.29, 1.82) is 0 Å². The number of thiazole rings is 2. The molecule has 2 aromatic rings. The monoisotopic (exact) mass is 676 g/mol. The van der Waals surface area contributed by atoms with E-state index in [1.807, 2.05) is 32.6 Å². The quantitative estimate of drug-likeness (QED) is 0.0835. The number of aromatic nitrogens is 2. The molecule has 256 valence electrons. The zero-order valence-corrected chi connectivity index (χ0v) is 31.1. The average molecular weight is 677 g/mol. The number of rotatable bonds is 22. The Bertz CT molecular complexity index is 1140. The zero-order chi connectivity index (χ0) is 34.6. The molecular weight excluding hydrogens is 622 g/mol. The molecule has 0 aliphatic carbocycles. The van der Waals surface area contributed by atoms with Gasteiger partial charge in [0.1, 0.15) is 22.2 Å². The number of carbonyl (C=O) groups excluding carboxylic acids is 3. The lowest BCUT2D eigenvalue weighted by molar-refractivity contribution is 0.0340. The molecule has 0 unspecified atom stereocenters. The van der Waals surface area contributed by atoms with Gasteiger partial charge < -0.3 is 33.4 Å². The van der Waals surface area contributed by atoms with E-state index in [9.17, 15) is 14.4 Å². The standard InChI is InChI=1S/C16H26BN2O4S.C16H28BN2O2S/c1-6-22-14(8-13(11(3)4)19(5)17-10-20)15-18-12(9-24-15)16(21)23-7-2;1-6-8-19(17-11-20)14(12(3)4)9-15(21-7-2)16-18-13(5)10-22-16/h9-11,13-14H,6-8H2,1-5H3;10-12,14-15H,6-9H2,1-5H3/t13-,14-;14-,15-/m11/s1. The first-order valence-corrected chi connectivity index (χ1v) is 18.1. The summed E-state index contributed by atoms with van der Waals surface area (Å²) < 4.78 is 16.8. The first kappa shape index (κ1) is 42.1. The van der Waals surface area contributed by atoms with E-state index in [2.05, 4.69) is 54.8 Å². The Morgan fingerprint density at radius 3 is 1.85 bits per heavy atom. The van der Waals surface area contributed by atoms with Crippen LogP contribution in [-0.2, 0) is 23.8 Å². The molecule has 2 radical (unpaired) electrons. The minimum absolute atomic E-state index is 0.00416. The van der Waals surface area contributed by atoms with Gasteiger partial charge >= 0.3 is 5.97 Å². The minimum atomic E-state index is -0.415.